The van der Waals surface area contributed by atoms with Crippen molar-refractivity contribution in [1.29, 1.82) is 0 Å². The number of rotatable bonds is 18. The molecule has 5 nitrogen and oxygen atoms in total. The van der Waals surface area contributed by atoms with Gasteiger partial charge in [0.1, 0.15) is 0 Å². The van der Waals surface area contributed by atoms with Crippen LogP contribution in [0.25, 0.3) is 0 Å². The summed E-state index contributed by atoms with van der Waals surface area (Å²) < 4.78 is 19.7. The second kappa shape index (κ2) is 16.8. The van der Waals surface area contributed by atoms with Crippen LogP contribution in [-0.4, -0.2) is 55.0 Å². The first-order valence-electron chi connectivity index (χ1n) is 15.6. The van der Waals surface area contributed by atoms with Crippen molar-refractivity contribution in [2.24, 2.45) is 35.5 Å². The Morgan fingerprint density at radius 3 is 2.16 bits per heavy atom. The summed E-state index contributed by atoms with van der Waals surface area (Å²) >= 11 is 0. The quantitative estimate of drug-likeness (QED) is 0.181. The lowest BCUT2D eigenvalue weighted by Crippen LogP contribution is -2.52. The maximum Gasteiger partial charge on any atom is 0.158 e. The minimum Gasteiger partial charge on any atom is -0.387 e. The van der Waals surface area contributed by atoms with E-state index in [1.165, 1.54) is 0 Å². The molecule has 5 unspecified atom stereocenters. The van der Waals surface area contributed by atoms with Gasteiger partial charge in [0, 0.05) is 0 Å². The zero-order chi connectivity index (χ0) is 28.3. The largest absolute Gasteiger partial charge is 0.387 e. The summed E-state index contributed by atoms with van der Waals surface area (Å²) in [7, 11) is 1.98. The average molecular weight is 528 g/mol. The zero-order valence-corrected chi connectivity index (χ0v) is 26.7. The van der Waals surface area contributed by atoms with Crippen LogP contribution in [0.1, 0.15) is 121 Å². The lowest BCUT2D eigenvalue weighted by molar-refractivity contribution is -0.248. The van der Waals surface area contributed by atoms with Crippen LogP contribution in [0.15, 0.2) is 0 Å². The van der Waals surface area contributed by atoms with E-state index in [-0.39, 0.29) is 30.5 Å². The predicted molar refractivity (Wildman–Crippen MR) is 157 cm³/mol. The average Bonchev–Trinajstić information content (AvgIpc) is 2.77. The molecule has 0 aromatic carbocycles. The monoisotopic (exact) mass is 527 g/mol. The van der Waals surface area contributed by atoms with Crippen molar-refractivity contribution in [2.75, 3.05) is 13.6 Å². The molecule has 0 radical (unpaired) electrons. The molecule has 2 N–H and O–H groups in total. The minimum absolute atomic E-state index is 0.123. The second-order valence-electron chi connectivity index (χ2n) is 13.5. The van der Waals surface area contributed by atoms with E-state index in [0.29, 0.717) is 42.1 Å². The molecule has 1 aliphatic rings. The minimum atomic E-state index is -0.965. The smallest absolute Gasteiger partial charge is 0.158 e. The highest BCUT2D eigenvalue weighted by Crippen LogP contribution is 2.40. The summed E-state index contributed by atoms with van der Waals surface area (Å²) in [5, 5.41) is 15.3. The maximum atomic E-state index is 12.0. The maximum absolute atomic E-state index is 12.0. The van der Waals surface area contributed by atoms with Crippen LogP contribution < -0.4 is 5.32 Å². The first-order valence-corrected chi connectivity index (χ1v) is 15.6. The number of hydrogen-bond donors (Lipinski definition) is 2. The van der Waals surface area contributed by atoms with E-state index >= 15 is 0 Å². The first kappa shape index (κ1) is 34.8. The van der Waals surface area contributed by atoms with Crippen LogP contribution in [0.4, 0.5) is 0 Å². The van der Waals surface area contributed by atoms with Crippen LogP contribution in [0.3, 0.4) is 0 Å². The van der Waals surface area contributed by atoms with Gasteiger partial charge in [-0.3, -0.25) is 0 Å². The molecule has 0 bridgehead atoms. The van der Waals surface area contributed by atoms with Crippen LogP contribution in [-0.2, 0) is 14.2 Å². The summed E-state index contributed by atoms with van der Waals surface area (Å²) in [4.78, 5) is 0. The molecule has 0 saturated carbocycles. The molecule has 1 aliphatic heterocycles. The van der Waals surface area contributed by atoms with E-state index in [2.05, 4.69) is 74.6 Å². The van der Waals surface area contributed by atoms with E-state index in [0.717, 1.165) is 45.1 Å². The van der Waals surface area contributed by atoms with Crippen LogP contribution in [0.2, 0.25) is 0 Å². The molecule has 11 atom stereocenters. The van der Waals surface area contributed by atoms with Gasteiger partial charge in [0.05, 0.1) is 30.0 Å². The lowest BCUT2D eigenvalue weighted by Gasteiger charge is -2.45. The van der Waals surface area contributed by atoms with Crippen molar-refractivity contribution in [1.82, 2.24) is 5.32 Å². The SMILES string of the molecule is CCC(OC(C)CC(C)C)O[C@H]([C@@H](C)[C@H](C[C@H]1CC(C)CC(C)O1)C(C)CC)[C@](C)(O)C[C@@H](C)CNC. The van der Waals surface area contributed by atoms with E-state index in [4.69, 9.17) is 14.2 Å². The Labute approximate surface area is 231 Å². The fourth-order valence-electron chi connectivity index (χ4n) is 6.94. The zero-order valence-electron chi connectivity index (χ0n) is 26.7. The standard InChI is InChI=1S/C32H65NO4/c1-13-24(7)29(18-28-17-22(5)16-26(9)35-28)27(10)31(32(11,34)19-23(6)20-33-12)37-30(14-2)36-25(8)15-21(3)4/h21-31,33-34H,13-20H2,1-12H3/t22?,23-,24?,25?,26?,27+,28-,29-,30?,31-,32-/m1/s1. The van der Waals surface area contributed by atoms with Gasteiger partial charge in [-0.15, -0.1) is 0 Å². The van der Waals surface area contributed by atoms with E-state index in [1.807, 2.05) is 14.0 Å². The van der Waals surface area contributed by atoms with Gasteiger partial charge in [0.25, 0.3) is 0 Å². The molecule has 0 aromatic rings. The summed E-state index contributed by atoms with van der Waals surface area (Å²) in [5.41, 5.74) is -0.965. The topological polar surface area (TPSA) is 60.0 Å². The Kier molecular flexibility index (Phi) is 15.8. The van der Waals surface area contributed by atoms with Gasteiger partial charge in [-0.25, -0.2) is 0 Å². The number of hydrogen-bond acceptors (Lipinski definition) is 5. The highest BCUT2D eigenvalue weighted by molar-refractivity contribution is 4.93. The molecule has 0 aliphatic carbocycles. The molecule has 1 rings (SSSR count). The first-order chi connectivity index (χ1) is 17.2. The Hall–Kier alpha value is -0.200. The van der Waals surface area contributed by atoms with Crippen molar-refractivity contribution >= 4 is 0 Å². The Morgan fingerprint density at radius 2 is 1.65 bits per heavy atom. The van der Waals surface area contributed by atoms with Crippen molar-refractivity contribution in [2.45, 2.75) is 157 Å². The fourth-order valence-corrected chi connectivity index (χ4v) is 6.94. The lowest BCUT2D eigenvalue weighted by atomic mass is 9.70. The molecule has 0 aromatic heterocycles. The molecule has 1 heterocycles. The molecule has 37 heavy (non-hydrogen) atoms. The van der Waals surface area contributed by atoms with Gasteiger partial charge < -0.3 is 24.6 Å². The molecule has 0 amide bonds. The Balaban J connectivity index is 3.25. The number of nitrogens with one attached hydrogen (secondary N) is 1. The van der Waals surface area contributed by atoms with Gasteiger partial charge in [0.15, 0.2) is 6.29 Å². The second-order valence-corrected chi connectivity index (χ2v) is 13.5. The van der Waals surface area contributed by atoms with Crippen LogP contribution >= 0.6 is 0 Å². The van der Waals surface area contributed by atoms with E-state index in [1.54, 1.807) is 0 Å². The van der Waals surface area contributed by atoms with Crippen LogP contribution in [0.5, 0.6) is 0 Å². The molecule has 0 spiro atoms. The predicted octanol–water partition coefficient (Wildman–Crippen LogP) is 7.45. The third-order valence-corrected chi connectivity index (χ3v) is 8.63. The molecule has 1 fully saturated rings. The van der Waals surface area contributed by atoms with Crippen molar-refractivity contribution in [3.8, 4) is 0 Å². The highest BCUT2D eigenvalue weighted by atomic mass is 16.7. The normalized spacial score (nSPS) is 28.2. The molecular weight excluding hydrogens is 462 g/mol. The van der Waals surface area contributed by atoms with Gasteiger partial charge in [-0.05, 0) is 108 Å². The number of aliphatic hydroxyl groups is 1. The summed E-state index contributed by atoms with van der Waals surface area (Å²) in [6.07, 6.45) is 6.93. The Bertz CT molecular complexity index is 587. The van der Waals surface area contributed by atoms with Gasteiger partial charge in [0.2, 0.25) is 0 Å². The van der Waals surface area contributed by atoms with E-state index in [9.17, 15) is 5.11 Å². The van der Waals surface area contributed by atoms with E-state index < -0.39 is 5.60 Å². The number of ether oxygens (including phenoxy) is 3. The van der Waals surface area contributed by atoms with Crippen molar-refractivity contribution < 1.29 is 19.3 Å². The third-order valence-electron chi connectivity index (χ3n) is 8.63. The fraction of sp³-hybridized carbons (Fsp3) is 1.00. The van der Waals surface area contributed by atoms with Crippen molar-refractivity contribution in [3.63, 3.8) is 0 Å². The molecule has 1 saturated heterocycles. The van der Waals surface area contributed by atoms with Gasteiger partial charge in [-0.1, -0.05) is 61.8 Å². The van der Waals surface area contributed by atoms with Gasteiger partial charge >= 0.3 is 0 Å². The summed E-state index contributed by atoms with van der Waals surface area (Å²) in [6.45, 7) is 25.3. The molecular formula is C32H65NO4. The molecule has 222 valence electrons. The highest BCUT2D eigenvalue weighted by Gasteiger charge is 2.44. The Morgan fingerprint density at radius 1 is 1.00 bits per heavy atom. The summed E-state index contributed by atoms with van der Waals surface area (Å²) in [6, 6.07) is 0. The van der Waals surface area contributed by atoms with Crippen LogP contribution in [0, 0.1) is 35.5 Å². The third kappa shape index (κ3) is 12.2. The molecule has 5 heteroatoms. The summed E-state index contributed by atoms with van der Waals surface area (Å²) in [5.74, 6) is 2.69. The van der Waals surface area contributed by atoms with Gasteiger partial charge in [-0.2, -0.15) is 0 Å². The van der Waals surface area contributed by atoms with Crippen molar-refractivity contribution in [3.05, 3.63) is 0 Å².